The molecular formula is C29H34N2O3S. The Morgan fingerprint density at radius 3 is 2.51 bits per heavy atom. The minimum atomic E-state index is -3.60. The van der Waals surface area contributed by atoms with Gasteiger partial charge in [-0.25, -0.2) is 8.42 Å². The summed E-state index contributed by atoms with van der Waals surface area (Å²) in [4.78, 5) is 16.3. The molecule has 0 bridgehead atoms. The molecular weight excluding hydrogens is 456 g/mol. The van der Waals surface area contributed by atoms with Crippen molar-refractivity contribution in [3.8, 4) is 6.07 Å². The van der Waals surface area contributed by atoms with E-state index >= 15 is 0 Å². The maximum absolute atomic E-state index is 14.1. The van der Waals surface area contributed by atoms with E-state index in [0.717, 1.165) is 43.2 Å². The van der Waals surface area contributed by atoms with E-state index in [9.17, 15) is 18.5 Å². The Morgan fingerprint density at radius 2 is 1.77 bits per heavy atom. The summed E-state index contributed by atoms with van der Waals surface area (Å²) < 4.78 is 27.2. The minimum absolute atomic E-state index is 0.0104. The van der Waals surface area contributed by atoms with Crippen molar-refractivity contribution >= 4 is 15.7 Å². The van der Waals surface area contributed by atoms with Crippen LogP contribution in [0.5, 0.6) is 0 Å². The average Bonchev–Trinajstić information content (AvgIpc) is 3.62. The summed E-state index contributed by atoms with van der Waals surface area (Å²) in [6.07, 6.45) is 7.51. The first-order chi connectivity index (χ1) is 16.9. The predicted molar refractivity (Wildman–Crippen MR) is 135 cm³/mol. The molecule has 2 aromatic rings. The highest BCUT2D eigenvalue weighted by Crippen LogP contribution is 2.39. The highest BCUT2D eigenvalue weighted by Gasteiger charge is 2.45. The number of nitriles is 1. The number of nitrogens with zero attached hydrogens (tertiary/aromatic N) is 2. The van der Waals surface area contributed by atoms with Crippen molar-refractivity contribution in [1.29, 1.82) is 5.26 Å². The maximum atomic E-state index is 14.1. The van der Waals surface area contributed by atoms with E-state index in [1.54, 1.807) is 12.1 Å². The van der Waals surface area contributed by atoms with Crippen LogP contribution in [-0.2, 0) is 34.0 Å². The Hall–Kier alpha value is -2.65. The summed E-state index contributed by atoms with van der Waals surface area (Å²) in [7, 11) is -3.60. The van der Waals surface area contributed by atoms with Crippen molar-refractivity contribution in [2.75, 3.05) is 0 Å². The molecule has 35 heavy (non-hydrogen) atoms. The number of amides is 1. The van der Waals surface area contributed by atoms with Crippen molar-refractivity contribution in [3.63, 3.8) is 0 Å². The lowest BCUT2D eigenvalue weighted by atomic mass is 10.0. The lowest BCUT2D eigenvalue weighted by Crippen LogP contribution is -2.45. The Balaban J connectivity index is 1.43. The summed E-state index contributed by atoms with van der Waals surface area (Å²) in [5.41, 5.74) is 4.89. The molecule has 6 heteroatoms. The fourth-order valence-corrected chi connectivity index (χ4v) is 8.39. The van der Waals surface area contributed by atoms with E-state index in [-0.39, 0.29) is 17.9 Å². The number of carbonyl (C=O) groups excluding carboxylic acids is 1. The number of rotatable bonds is 6. The Bertz CT molecular complexity index is 1250. The topological polar surface area (TPSA) is 78.2 Å². The summed E-state index contributed by atoms with van der Waals surface area (Å²) >= 11 is 0. The molecule has 2 aromatic carbocycles. The molecule has 0 aliphatic heterocycles. The maximum Gasteiger partial charge on any atom is 0.227 e. The van der Waals surface area contributed by atoms with Crippen LogP contribution in [0.25, 0.3) is 0 Å². The molecule has 5 rings (SSSR count). The zero-order valence-electron chi connectivity index (χ0n) is 20.4. The van der Waals surface area contributed by atoms with Crippen molar-refractivity contribution in [1.82, 2.24) is 4.90 Å². The second kappa shape index (κ2) is 9.78. The first-order valence-electron chi connectivity index (χ1n) is 13.0. The average molecular weight is 491 g/mol. The molecule has 2 saturated carbocycles. The zero-order chi connectivity index (χ0) is 24.6. The molecule has 2 fully saturated rings. The number of aryl methyl sites for hydroxylation is 3. The molecule has 0 heterocycles. The van der Waals surface area contributed by atoms with E-state index in [0.29, 0.717) is 30.7 Å². The van der Waals surface area contributed by atoms with Crippen LogP contribution in [0.2, 0.25) is 0 Å². The van der Waals surface area contributed by atoms with Gasteiger partial charge in [0, 0.05) is 18.5 Å². The number of hydrogen-bond acceptors (Lipinski definition) is 4. The highest BCUT2D eigenvalue weighted by atomic mass is 32.2. The monoisotopic (exact) mass is 490 g/mol. The number of fused-ring (bicyclic) bond motifs is 1. The molecule has 184 valence electrons. The summed E-state index contributed by atoms with van der Waals surface area (Å²) in [5.74, 6) is -0.616. The van der Waals surface area contributed by atoms with Crippen LogP contribution in [0.4, 0.5) is 0 Å². The Labute approximate surface area is 209 Å². The van der Waals surface area contributed by atoms with E-state index in [4.69, 9.17) is 0 Å². The number of carbonyl (C=O) groups is 1. The third-order valence-electron chi connectivity index (χ3n) is 8.35. The smallest absolute Gasteiger partial charge is 0.227 e. The molecule has 1 amide bonds. The fourth-order valence-electron chi connectivity index (χ4n) is 6.36. The van der Waals surface area contributed by atoms with Crippen LogP contribution >= 0.6 is 0 Å². The van der Waals surface area contributed by atoms with Crippen LogP contribution in [0.15, 0.2) is 47.4 Å². The molecule has 0 aromatic heterocycles. The summed E-state index contributed by atoms with van der Waals surface area (Å²) in [6, 6.07) is 15.9. The summed E-state index contributed by atoms with van der Waals surface area (Å²) in [5, 5.41) is 8.79. The van der Waals surface area contributed by atoms with E-state index in [1.807, 2.05) is 24.0 Å². The SMILES string of the molecule is Cc1ccc(S(=O)(=O)[C@@H]2CCC[C@H]2C(=O)N(Cc2ccc3c(c2)CCC3)[C@@H]2CC[C@H](C#N)C2)cc1. The molecule has 0 saturated heterocycles. The second-order valence-corrected chi connectivity index (χ2v) is 12.8. The molecule has 0 spiro atoms. The standard InChI is InChI=1S/C29H34N2O3S/c1-20-8-14-26(15-9-20)35(33,34)28-7-3-6-27(28)29(32)31(25-13-11-21(17-25)18-30)19-22-10-12-23-4-2-5-24(23)16-22/h8-10,12,14-16,21,25,27-28H,2-7,11,13,17,19H2,1H3/t21-,25+,27+,28+/m0/s1. The van der Waals surface area contributed by atoms with E-state index in [1.165, 1.54) is 17.5 Å². The first-order valence-corrected chi connectivity index (χ1v) is 14.5. The molecule has 3 aliphatic carbocycles. The Kier molecular flexibility index (Phi) is 6.72. The van der Waals surface area contributed by atoms with Crippen molar-refractivity contribution in [3.05, 3.63) is 64.7 Å². The van der Waals surface area contributed by atoms with E-state index < -0.39 is 21.0 Å². The van der Waals surface area contributed by atoms with Crippen molar-refractivity contribution in [2.45, 2.75) is 87.4 Å². The first kappa shape index (κ1) is 24.1. The normalized spacial score (nSPS) is 25.8. The fraction of sp³-hybridized carbons (Fsp3) is 0.517. The molecule has 0 N–H and O–H groups in total. The van der Waals surface area contributed by atoms with Gasteiger partial charge in [-0.1, -0.05) is 42.3 Å². The van der Waals surface area contributed by atoms with Crippen LogP contribution in [0, 0.1) is 30.1 Å². The largest absolute Gasteiger partial charge is 0.335 e. The van der Waals surface area contributed by atoms with Gasteiger partial charge in [-0.3, -0.25) is 4.79 Å². The predicted octanol–water partition coefficient (Wildman–Crippen LogP) is 5.15. The van der Waals surface area contributed by atoms with Gasteiger partial charge in [-0.2, -0.15) is 5.26 Å². The van der Waals surface area contributed by atoms with Crippen LogP contribution in [0.1, 0.15) is 67.2 Å². The molecule has 5 nitrogen and oxygen atoms in total. The van der Waals surface area contributed by atoms with E-state index in [2.05, 4.69) is 24.3 Å². The third kappa shape index (κ3) is 4.76. The quantitative estimate of drug-likeness (QED) is 0.561. The Morgan fingerprint density at radius 1 is 1.00 bits per heavy atom. The van der Waals surface area contributed by atoms with Crippen molar-refractivity contribution in [2.24, 2.45) is 11.8 Å². The molecule has 3 aliphatic rings. The summed E-state index contributed by atoms with van der Waals surface area (Å²) in [6.45, 7) is 2.42. The lowest BCUT2D eigenvalue weighted by Gasteiger charge is -2.33. The van der Waals surface area contributed by atoms with Gasteiger partial charge >= 0.3 is 0 Å². The lowest BCUT2D eigenvalue weighted by molar-refractivity contribution is -0.138. The van der Waals surface area contributed by atoms with Gasteiger partial charge in [0.1, 0.15) is 0 Å². The van der Waals surface area contributed by atoms with Crippen LogP contribution in [0.3, 0.4) is 0 Å². The zero-order valence-corrected chi connectivity index (χ0v) is 21.3. The third-order valence-corrected chi connectivity index (χ3v) is 10.6. The van der Waals surface area contributed by atoms with Gasteiger partial charge in [0.05, 0.1) is 22.1 Å². The molecule has 4 atom stereocenters. The van der Waals surface area contributed by atoms with Crippen LogP contribution < -0.4 is 0 Å². The second-order valence-electron chi connectivity index (χ2n) is 10.6. The van der Waals surface area contributed by atoms with Gasteiger partial charge in [0.15, 0.2) is 9.84 Å². The van der Waals surface area contributed by atoms with Gasteiger partial charge < -0.3 is 4.90 Å². The number of sulfone groups is 1. The van der Waals surface area contributed by atoms with Gasteiger partial charge in [0.25, 0.3) is 0 Å². The van der Waals surface area contributed by atoms with Gasteiger partial charge in [0.2, 0.25) is 5.91 Å². The van der Waals surface area contributed by atoms with Crippen molar-refractivity contribution < 1.29 is 13.2 Å². The number of hydrogen-bond donors (Lipinski definition) is 0. The number of benzene rings is 2. The minimum Gasteiger partial charge on any atom is -0.335 e. The van der Waals surface area contributed by atoms with Gasteiger partial charge in [-0.05, 0) is 87.1 Å². The van der Waals surface area contributed by atoms with Crippen LogP contribution in [-0.4, -0.2) is 30.5 Å². The molecule has 0 unspecified atom stereocenters. The van der Waals surface area contributed by atoms with Gasteiger partial charge in [-0.15, -0.1) is 0 Å². The highest BCUT2D eigenvalue weighted by molar-refractivity contribution is 7.92. The molecule has 0 radical (unpaired) electrons.